The van der Waals surface area contributed by atoms with Crippen LogP contribution in [0.3, 0.4) is 0 Å². The van der Waals surface area contributed by atoms with Crippen molar-refractivity contribution in [3.8, 4) is 0 Å². The lowest BCUT2D eigenvalue weighted by Gasteiger charge is -2.33. The minimum absolute atomic E-state index is 0.0846. The third kappa shape index (κ3) is 3.64. The van der Waals surface area contributed by atoms with Gasteiger partial charge in [0, 0.05) is 18.0 Å². The van der Waals surface area contributed by atoms with E-state index in [1.165, 1.54) is 0 Å². The fourth-order valence-electron chi connectivity index (χ4n) is 3.40. The van der Waals surface area contributed by atoms with Crippen molar-refractivity contribution >= 4 is 11.8 Å². The molecule has 28 heavy (non-hydrogen) atoms. The van der Waals surface area contributed by atoms with E-state index in [0.29, 0.717) is 18.7 Å². The van der Waals surface area contributed by atoms with Gasteiger partial charge in [0.05, 0.1) is 31.0 Å². The summed E-state index contributed by atoms with van der Waals surface area (Å²) in [6, 6.07) is 14.3. The van der Waals surface area contributed by atoms with E-state index in [1.54, 1.807) is 28.0 Å². The van der Waals surface area contributed by atoms with Gasteiger partial charge in [0.25, 0.3) is 5.91 Å². The average molecular weight is 375 g/mol. The first-order chi connectivity index (χ1) is 13.6. The lowest BCUT2D eigenvalue weighted by Crippen LogP contribution is -2.47. The zero-order valence-corrected chi connectivity index (χ0v) is 15.6. The molecule has 0 spiro atoms. The fourth-order valence-corrected chi connectivity index (χ4v) is 3.40. The molecule has 3 aromatic rings. The molecule has 2 aromatic heterocycles. The van der Waals surface area contributed by atoms with Gasteiger partial charge in [0.1, 0.15) is 6.04 Å². The largest absolute Gasteiger partial charge is 0.349 e. The highest BCUT2D eigenvalue weighted by atomic mass is 16.2. The molecule has 0 saturated carbocycles. The molecule has 1 N–H and O–H groups in total. The van der Waals surface area contributed by atoms with Crippen LogP contribution in [0.25, 0.3) is 0 Å². The number of fused-ring (bicyclic) bond motifs is 1. The van der Waals surface area contributed by atoms with Crippen LogP contribution in [0.2, 0.25) is 0 Å². The summed E-state index contributed by atoms with van der Waals surface area (Å²) in [5.41, 5.74) is 3.27. The van der Waals surface area contributed by atoms with Crippen LogP contribution in [0.4, 0.5) is 0 Å². The Bertz CT molecular complexity index is 999. The number of nitrogens with one attached hydrogen (secondary N) is 1. The molecule has 0 radical (unpaired) electrons. The van der Waals surface area contributed by atoms with Gasteiger partial charge in [-0.15, -0.1) is 0 Å². The van der Waals surface area contributed by atoms with E-state index >= 15 is 0 Å². The Labute approximate surface area is 163 Å². The van der Waals surface area contributed by atoms with Crippen LogP contribution < -0.4 is 5.32 Å². The van der Waals surface area contributed by atoms with Crippen LogP contribution in [-0.2, 0) is 17.9 Å². The Morgan fingerprint density at radius 3 is 2.82 bits per heavy atom. The van der Waals surface area contributed by atoms with Crippen LogP contribution in [0.5, 0.6) is 0 Å². The van der Waals surface area contributed by atoms with Gasteiger partial charge in [0.2, 0.25) is 5.91 Å². The van der Waals surface area contributed by atoms with E-state index in [-0.39, 0.29) is 18.4 Å². The molecule has 142 valence electrons. The van der Waals surface area contributed by atoms with Gasteiger partial charge in [-0.1, -0.05) is 23.8 Å². The molecule has 7 heteroatoms. The second-order valence-electron chi connectivity index (χ2n) is 6.88. The Morgan fingerprint density at radius 1 is 1.14 bits per heavy atom. The van der Waals surface area contributed by atoms with Crippen molar-refractivity contribution in [1.29, 1.82) is 0 Å². The average Bonchev–Trinajstić information content (AvgIpc) is 3.20. The fraction of sp³-hybridized carbons (Fsp3) is 0.238. The Kier molecular flexibility index (Phi) is 4.89. The highest BCUT2D eigenvalue weighted by Crippen LogP contribution is 2.22. The molecule has 1 aliphatic rings. The van der Waals surface area contributed by atoms with Crippen molar-refractivity contribution in [2.24, 2.45) is 0 Å². The van der Waals surface area contributed by atoms with Gasteiger partial charge in [-0.2, -0.15) is 5.10 Å². The number of carbonyl (C=O) groups is 2. The van der Waals surface area contributed by atoms with Gasteiger partial charge in [0.15, 0.2) is 0 Å². The van der Waals surface area contributed by atoms with Crippen molar-refractivity contribution in [3.63, 3.8) is 0 Å². The molecular weight excluding hydrogens is 354 g/mol. The molecule has 1 aliphatic heterocycles. The number of aryl methyl sites for hydroxylation is 1. The predicted octanol–water partition coefficient (Wildman–Crippen LogP) is 2.10. The Morgan fingerprint density at radius 2 is 2.04 bits per heavy atom. The van der Waals surface area contributed by atoms with Crippen LogP contribution in [0.1, 0.15) is 33.4 Å². The van der Waals surface area contributed by atoms with Crippen LogP contribution in [-0.4, -0.2) is 38.0 Å². The van der Waals surface area contributed by atoms with Crippen molar-refractivity contribution in [1.82, 2.24) is 25.0 Å². The number of benzene rings is 1. The van der Waals surface area contributed by atoms with Gasteiger partial charge < -0.3 is 10.2 Å². The SMILES string of the molecule is Cc1cccc(C(=O)N2Cc3ccnn3C(C(=O)NCc3ccccn3)C2)c1. The third-order valence-corrected chi connectivity index (χ3v) is 4.82. The number of amides is 2. The number of carbonyl (C=O) groups excluding carboxylic acids is 2. The van der Waals surface area contributed by atoms with Gasteiger partial charge in [-0.25, -0.2) is 0 Å². The highest BCUT2D eigenvalue weighted by Gasteiger charge is 2.33. The molecule has 2 amide bonds. The Balaban J connectivity index is 1.52. The zero-order valence-electron chi connectivity index (χ0n) is 15.6. The molecule has 7 nitrogen and oxygen atoms in total. The zero-order chi connectivity index (χ0) is 19.5. The molecule has 0 saturated heterocycles. The minimum Gasteiger partial charge on any atom is -0.349 e. The normalized spacial score (nSPS) is 15.8. The van der Waals surface area contributed by atoms with Gasteiger partial charge in [-0.3, -0.25) is 19.3 Å². The smallest absolute Gasteiger partial charge is 0.254 e. The second-order valence-corrected chi connectivity index (χ2v) is 6.88. The molecule has 0 fully saturated rings. The first kappa shape index (κ1) is 17.9. The van der Waals surface area contributed by atoms with Crippen molar-refractivity contribution < 1.29 is 9.59 Å². The van der Waals surface area contributed by atoms with Crippen molar-refractivity contribution in [2.45, 2.75) is 26.1 Å². The number of aromatic nitrogens is 3. The lowest BCUT2D eigenvalue weighted by molar-refractivity contribution is -0.125. The number of hydrogen-bond donors (Lipinski definition) is 1. The summed E-state index contributed by atoms with van der Waals surface area (Å²) in [6.45, 7) is 2.99. The van der Waals surface area contributed by atoms with Crippen LogP contribution in [0, 0.1) is 6.92 Å². The first-order valence-corrected chi connectivity index (χ1v) is 9.18. The first-order valence-electron chi connectivity index (χ1n) is 9.18. The molecule has 1 unspecified atom stereocenters. The van der Waals surface area contributed by atoms with E-state index < -0.39 is 6.04 Å². The highest BCUT2D eigenvalue weighted by molar-refractivity contribution is 5.95. The quantitative estimate of drug-likeness (QED) is 0.757. The molecule has 1 aromatic carbocycles. The summed E-state index contributed by atoms with van der Waals surface area (Å²) in [5.74, 6) is -0.268. The number of hydrogen-bond acceptors (Lipinski definition) is 4. The maximum Gasteiger partial charge on any atom is 0.254 e. The number of pyridine rings is 1. The third-order valence-electron chi connectivity index (χ3n) is 4.82. The topological polar surface area (TPSA) is 80.1 Å². The molecule has 1 atom stereocenters. The van der Waals surface area contributed by atoms with Crippen LogP contribution in [0.15, 0.2) is 60.9 Å². The monoisotopic (exact) mass is 375 g/mol. The summed E-state index contributed by atoms with van der Waals surface area (Å²) in [7, 11) is 0. The Hall–Kier alpha value is -3.48. The summed E-state index contributed by atoms with van der Waals surface area (Å²) in [6.07, 6.45) is 3.35. The molecular formula is C21H21N5O2. The van der Waals surface area contributed by atoms with E-state index in [4.69, 9.17) is 0 Å². The van der Waals surface area contributed by atoms with Crippen LogP contribution >= 0.6 is 0 Å². The summed E-state index contributed by atoms with van der Waals surface area (Å²) in [4.78, 5) is 31.8. The van der Waals surface area contributed by atoms with E-state index in [9.17, 15) is 9.59 Å². The maximum absolute atomic E-state index is 13.0. The molecule has 0 bridgehead atoms. The van der Waals surface area contributed by atoms with Gasteiger partial charge >= 0.3 is 0 Å². The molecule has 0 aliphatic carbocycles. The maximum atomic E-state index is 13.0. The molecule has 4 rings (SSSR count). The second kappa shape index (κ2) is 7.64. The summed E-state index contributed by atoms with van der Waals surface area (Å²) in [5, 5.41) is 7.20. The predicted molar refractivity (Wildman–Crippen MR) is 103 cm³/mol. The number of nitrogens with zero attached hydrogens (tertiary/aromatic N) is 4. The number of rotatable bonds is 4. The van der Waals surface area contributed by atoms with Crippen molar-refractivity contribution in [2.75, 3.05) is 6.54 Å². The van der Waals surface area contributed by atoms with Gasteiger partial charge in [-0.05, 0) is 37.3 Å². The van der Waals surface area contributed by atoms with E-state index in [1.807, 2.05) is 49.4 Å². The summed E-state index contributed by atoms with van der Waals surface area (Å²) >= 11 is 0. The van der Waals surface area contributed by atoms with E-state index in [0.717, 1.165) is 17.0 Å². The lowest BCUT2D eigenvalue weighted by atomic mass is 10.1. The minimum atomic E-state index is -0.573. The summed E-state index contributed by atoms with van der Waals surface area (Å²) < 4.78 is 1.70. The standard InChI is InChI=1S/C21H21N5O2/c1-15-5-4-6-16(11-15)21(28)25-13-18-8-10-24-26(18)19(14-25)20(27)23-12-17-7-2-3-9-22-17/h2-11,19H,12-14H2,1H3,(H,23,27). The van der Waals surface area contributed by atoms with Crippen molar-refractivity contribution in [3.05, 3.63) is 83.4 Å². The van der Waals surface area contributed by atoms with E-state index in [2.05, 4.69) is 15.4 Å². The molecule has 3 heterocycles.